The number of hydrogen-bond acceptors (Lipinski definition) is 4. The molecule has 0 saturated carbocycles. The van der Waals surface area contributed by atoms with Gasteiger partial charge in [-0.25, -0.2) is 4.98 Å². The van der Waals surface area contributed by atoms with Gasteiger partial charge in [0.15, 0.2) is 4.47 Å². The van der Waals surface area contributed by atoms with Crippen LogP contribution in [0.4, 0.5) is 0 Å². The molecule has 0 N–H and O–H groups in total. The fourth-order valence-corrected chi connectivity index (χ4v) is 2.50. The Morgan fingerprint density at radius 3 is 2.93 bits per heavy atom. The van der Waals surface area contributed by atoms with Gasteiger partial charge in [0.25, 0.3) is 0 Å². The molecule has 2 rings (SSSR count). The molecule has 1 aliphatic rings. The molecule has 0 bridgehead atoms. The van der Waals surface area contributed by atoms with Crippen molar-refractivity contribution in [2.75, 3.05) is 20.2 Å². The highest BCUT2D eigenvalue weighted by atomic mass is 35.5. The summed E-state index contributed by atoms with van der Waals surface area (Å²) >= 11 is 7.24. The summed E-state index contributed by atoms with van der Waals surface area (Å²) in [6.45, 7) is 4.94. The van der Waals surface area contributed by atoms with Gasteiger partial charge in [-0.2, -0.15) is 0 Å². The van der Waals surface area contributed by atoms with Crippen LogP contribution < -0.4 is 0 Å². The fraction of sp³-hybridized carbons (Fsp3) is 0.667. The monoisotopic (exact) mass is 232 g/mol. The minimum absolute atomic E-state index is 0.0415. The maximum Gasteiger partial charge on any atom is 0.183 e. The molecule has 78 valence electrons. The molecule has 0 atom stereocenters. The minimum atomic E-state index is 0.0415. The Morgan fingerprint density at radius 2 is 2.43 bits per heavy atom. The van der Waals surface area contributed by atoms with Gasteiger partial charge < -0.3 is 4.74 Å². The molecule has 0 aromatic carbocycles. The van der Waals surface area contributed by atoms with Crippen molar-refractivity contribution in [3.63, 3.8) is 0 Å². The molecule has 0 spiro atoms. The maximum absolute atomic E-state index is 5.75. The molecule has 0 radical (unpaired) electrons. The van der Waals surface area contributed by atoms with Crippen molar-refractivity contribution in [2.45, 2.75) is 19.1 Å². The Kier molecular flexibility index (Phi) is 2.79. The first-order valence-electron chi connectivity index (χ1n) is 4.49. The number of nitrogens with zero attached hydrogens (tertiary/aromatic N) is 2. The standard InChI is InChI=1S/C9H13ClN2OS/c1-9(13-2)5-12(6-9)3-7-4-14-8(10)11-7/h4H,3,5-6H2,1-2H3. The molecule has 1 aliphatic heterocycles. The number of likely N-dealkylation sites (tertiary alicyclic amines) is 1. The van der Waals surface area contributed by atoms with Gasteiger partial charge in [-0.05, 0) is 6.92 Å². The van der Waals surface area contributed by atoms with Crippen LogP contribution in [0.3, 0.4) is 0 Å². The Morgan fingerprint density at radius 1 is 1.71 bits per heavy atom. The maximum atomic E-state index is 5.75. The minimum Gasteiger partial charge on any atom is -0.376 e. The third-order valence-electron chi connectivity index (χ3n) is 2.52. The second-order valence-corrected chi connectivity index (χ2v) is 5.33. The smallest absolute Gasteiger partial charge is 0.183 e. The molecule has 1 fully saturated rings. The highest BCUT2D eigenvalue weighted by Crippen LogP contribution is 2.26. The van der Waals surface area contributed by atoms with Gasteiger partial charge in [-0.1, -0.05) is 11.6 Å². The molecule has 0 aliphatic carbocycles. The molecule has 14 heavy (non-hydrogen) atoms. The van der Waals surface area contributed by atoms with Crippen LogP contribution in [0.15, 0.2) is 5.38 Å². The van der Waals surface area contributed by atoms with E-state index in [1.807, 2.05) is 5.38 Å². The zero-order valence-electron chi connectivity index (χ0n) is 8.29. The second-order valence-electron chi connectivity index (χ2n) is 3.89. The summed E-state index contributed by atoms with van der Waals surface area (Å²) in [5.74, 6) is 0. The lowest BCUT2D eigenvalue weighted by molar-refractivity contribution is -0.114. The third kappa shape index (κ3) is 2.08. The van der Waals surface area contributed by atoms with Crippen LogP contribution in [0.1, 0.15) is 12.6 Å². The lowest BCUT2D eigenvalue weighted by atomic mass is 9.96. The van der Waals surface area contributed by atoms with Gasteiger partial charge >= 0.3 is 0 Å². The zero-order valence-corrected chi connectivity index (χ0v) is 9.86. The molecule has 0 unspecified atom stereocenters. The van der Waals surface area contributed by atoms with Gasteiger partial charge in [0.2, 0.25) is 0 Å². The number of methoxy groups -OCH3 is 1. The quantitative estimate of drug-likeness (QED) is 0.798. The van der Waals surface area contributed by atoms with E-state index in [2.05, 4.69) is 16.8 Å². The van der Waals surface area contributed by atoms with E-state index in [4.69, 9.17) is 16.3 Å². The average molecular weight is 233 g/mol. The first-order chi connectivity index (χ1) is 6.61. The summed E-state index contributed by atoms with van der Waals surface area (Å²) in [4.78, 5) is 6.51. The molecular weight excluding hydrogens is 220 g/mol. The van der Waals surface area contributed by atoms with E-state index in [0.29, 0.717) is 4.47 Å². The van der Waals surface area contributed by atoms with E-state index in [-0.39, 0.29) is 5.60 Å². The molecule has 3 nitrogen and oxygen atoms in total. The highest BCUT2D eigenvalue weighted by Gasteiger charge is 2.38. The normalized spacial score (nSPS) is 20.8. The van der Waals surface area contributed by atoms with Crippen molar-refractivity contribution < 1.29 is 4.74 Å². The van der Waals surface area contributed by atoms with Crippen LogP contribution in [0.2, 0.25) is 4.47 Å². The van der Waals surface area contributed by atoms with Crippen molar-refractivity contribution in [1.29, 1.82) is 0 Å². The first kappa shape index (κ1) is 10.4. The van der Waals surface area contributed by atoms with E-state index in [0.717, 1.165) is 25.3 Å². The number of ether oxygens (including phenoxy) is 1. The number of halogens is 1. The van der Waals surface area contributed by atoms with Crippen LogP contribution in [0.25, 0.3) is 0 Å². The molecule has 5 heteroatoms. The van der Waals surface area contributed by atoms with E-state index in [9.17, 15) is 0 Å². The van der Waals surface area contributed by atoms with Gasteiger partial charge in [0.1, 0.15) is 0 Å². The van der Waals surface area contributed by atoms with Gasteiger partial charge in [-0.3, -0.25) is 4.90 Å². The van der Waals surface area contributed by atoms with Crippen molar-refractivity contribution in [2.24, 2.45) is 0 Å². The number of hydrogen-bond donors (Lipinski definition) is 0. The Bertz CT molecular complexity index is 322. The lowest BCUT2D eigenvalue weighted by Gasteiger charge is -2.46. The first-order valence-corrected chi connectivity index (χ1v) is 5.74. The van der Waals surface area contributed by atoms with E-state index < -0.39 is 0 Å². The van der Waals surface area contributed by atoms with Crippen LogP contribution in [0, 0.1) is 0 Å². The summed E-state index contributed by atoms with van der Waals surface area (Å²) in [7, 11) is 1.76. The largest absolute Gasteiger partial charge is 0.376 e. The molecule has 1 saturated heterocycles. The Hall–Kier alpha value is -0.160. The van der Waals surface area contributed by atoms with Crippen LogP contribution in [0.5, 0.6) is 0 Å². The zero-order chi connectivity index (χ0) is 10.2. The van der Waals surface area contributed by atoms with Crippen molar-refractivity contribution in [3.05, 3.63) is 15.5 Å². The number of rotatable bonds is 3. The number of thiazole rings is 1. The van der Waals surface area contributed by atoms with Crippen LogP contribution in [-0.4, -0.2) is 35.7 Å². The average Bonchev–Trinajstić information content (AvgIpc) is 2.48. The van der Waals surface area contributed by atoms with Crippen molar-refractivity contribution >= 4 is 22.9 Å². The van der Waals surface area contributed by atoms with Gasteiger partial charge in [0.05, 0.1) is 11.3 Å². The Labute approximate surface area is 92.7 Å². The van der Waals surface area contributed by atoms with Crippen LogP contribution >= 0.6 is 22.9 Å². The van der Waals surface area contributed by atoms with Crippen molar-refractivity contribution in [3.8, 4) is 0 Å². The van der Waals surface area contributed by atoms with Gasteiger partial charge in [-0.15, -0.1) is 11.3 Å². The van der Waals surface area contributed by atoms with E-state index >= 15 is 0 Å². The molecular formula is C9H13ClN2OS. The van der Waals surface area contributed by atoms with Crippen molar-refractivity contribution in [1.82, 2.24) is 9.88 Å². The van der Waals surface area contributed by atoms with E-state index in [1.165, 1.54) is 11.3 Å². The predicted molar refractivity (Wildman–Crippen MR) is 57.8 cm³/mol. The molecule has 1 aromatic heterocycles. The van der Waals surface area contributed by atoms with E-state index in [1.54, 1.807) is 7.11 Å². The van der Waals surface area contributed by atoms with Gasteiger partial charge in [0, 0.05) is 32.1 Å². The topological polar surface area (TPSA) is 25.4 Å². The number of aromatic nitrogens is 1. The van der Waals surface area contributed by atoms with Crippen LogP contribution in [-0.2, 0) is 11.3 Å². The molecule has 1 aromatic rings. The summed E-state index contributed by atoms with van der Waals surface area (Å²) in [6.07, 6.45) is 0. The summed E-state index contributed by atoms with van der Waals surface area (Å²) in [6, 6.07) is 0. The lowest BCUT2D eigenvalue weighted by Crippen LogP contribution is -2.60. The molecule has 0 amide bonds. The molecule has 2 heterocycles. The third-order valence-corrected chi connectivity index (χ3v) is 3.55. The fourth-order valence-electron chi connectivity index (χ4n) is 1.72. The SMILES string of the molecule is COC1(C)CN(Cc2csc(Cl)n2)C1. The second kappa shape index (κ2) is 3.77. The highest BCUT2D eigenvalue weighted by molar-refractivity contribution is 7.13. The summed E-state index contributed by atoms with van der Waals surface area (Å²) in [5.41, 5.74) is 1.10. The summed E-state index contributed by atoms with van der Waals surface area (Å²) in [5, 5.41) is 2.00. The predicted octanol–water partition coefficient (Wildman–Crippen LogP) is 2.02. The Balaban J connectivity index is 1.85. The summed E-state index contributed by atoms with van der Waals surface area (Å²) < 4.78 is 5.98.